The lowest BCUT2D eigenvalue weighted by Crippen LogP contribution is -2.45. The molecule has 0 N–H and O–H groups in total. The largest absolute Gasteiger partial charge is 0.369 e. The van der Waals surface area contributed by atoms with Crippen molar-refractivity contribution < 1.29 is 0 Å². The van der Waals surface area contributed by atoms with Gasteiger partial charge in [0.1, 0.15) is 6.07 Å². The van der Waals surface area contributed by atoms with Crippen LogP contribution in [0.2, 0.25) is 0 Å². The van der Waals surface area contributed by atoms with E-state index in [0.29, 0.717) is 6.04 Å². The van der Waals surface area contributed by atoms with Crippen LogP contribution >= 0.6 is 15.9 Å². The molecule has 19 heavy (non-hydrogen) atoms. The average Bonchev–Trinajstić information content (AvgIpc) is 2.45. The van der Waals surface area contributed by atoms with E-state index < -0.39 is 0 Å². The molecule has 1 unspecified atom stereocenters. The molecule has 0 aromatic heterocycles. The molecule has 0 radical (unpaired) electrons. The van der Waals surface area contributed by atoms with Crippen molar-refractivity contribution in [1.82, 2.24) is 4.90 Å². The Hall–Kier alpha value is -1.05. The van der Waals surface area contributed by atoms with E-state index in [1.807, 2.05) is 6.07 Å². The van der Waals surface area contributed by atoms with Crippen molar-refractivity contribution in [3.05, 3.63) is 29.3 Å². The number of hydrogen-bond acceptors (Lipinski definition) is 3. The number of likely N-dealkylation sites (tertiary alicyclic amines) is 1. The second kappa shape index (κ2) is 6.40. The molecule has 0 saturated carbocycles. The van der Waals surface area contributed by atoms with Crippen LogP contribution in [0.5, 0.6) is 0 Å². The number of rotatable bonds is 3. The Balaban J connectivity index is 2.23. The minimum absolute atomic E-state index is 0.501. The number of piperidine rings is 1. The number of nitriles is 1. The van der Waals surface area contributed by atoms with Gasteiger partial charge in [-0.1, -0.05) is 22.0 Å². The highest BCUT2D eigenvalue weighted by molar-refractivity contribution is 9.08. The summed E-state index contributed by atoms with van der Waals surface area (Å²) in [5, 5.41) is 10.1. The van der Waals surface area contributed by atoms with Crippen LogP contribution in [0.4, 0.5) is 5.69 Å². The summed E-state index contributed by atoms with van der Waals surface area (Å²) in [4.78, 5) is 4.63. The van der Waals surface area contributed by atoms with E-state index in [1.54, 1.807) is 0 Å². The van der Waals surface area contributed by atoms with Crippen LogP contribution in [-0.2, 0) is 5.33 Å². The topological polar surface area (TPSA) is 30.3 Å². The molecule has 1 aliphatic rings. The zero-order valence-corrected chi connectivity index (χ0v) is 13.2. The number of likely N-dealkylation sites (N-methyl/N-ethyl adjacent to an activating group) is 2. The van der Waals surface area contributed by atoms with Crippen molar-refractivity contribution in [1.29, 1.82) is 5.26 Å². The van der Waals surface area contributed by atoms with Crippen LogP contribution in [0.1, 0.15) is 24.0 Å². The summed E-state index contributed by atoms with van der Waals surface area (Å²) in [7, 11) is 4.27. The Morgan fingerprint density at radius 2 is 2.32 bits per heavy atom. The Morgan fingerprint density at radius 3 is 2.95 bits per heavy atom. The molecule has 1 fully saturated rings. The first-order chi connectivity index (χ1) is 9.15. The summed E-state index contributed by atoms with van der Waals surface area (Å²) in [6.07, 6.45) is 2.43. The highest BCUT2D eigenvalue weighted by atomic mass is 79.9. The van der Waals surface area contributed by atoms with E-state index >= 15 is 0 Å². The number of alkyl halides is 1. The fourth-order valence-corrected chi connectivity index (χ4v) is 3.06. The van der Waals surface area contributed by atoms with Gasteiger partial charge < -0.3 is 9.80 Å². The van der Waals surface area contributed by atoms with Gasteiger partial charge in [-0.05, 0) is 44.1 Å². The van der Waals surface area contributed by atoms with Gasteiger partial charge in [-0.3, -0.25) is 0 Å². The summed E-state index contributed by atoms with van der Waals surface area (Å²) in [5.41, 5.74) is 2.97. The van der Waals surface area contributed by atoms with Crippen LogP contribution in [-0.4, -0.2) is 38.1 Å². The fraction of sp³-hybridized carbons (Fsp3) is 0.533. The summed E-state index contributed by atoms with van der Waals surface area (Å²) in [5.74, 6) is 0. The maximum absolute atomic E-state index is 9.34. The molecule has 1 saturated heterocycles. The van der Waals surface area contributed by atoms with Gasteiger partial charge in [-0.25, -0.2) is 0 Å². The van der Waals surface area contributed by atoms with Crippen LogP contribution in [0.3, 0.4) is 0 Å². The first-order valence-corrected chi connectivity index (χ1v) is 7.78. The molecule has 1 aromatic rings. The molecule has 4 heteroatoms. The minimum atomic E-state index is 0.501. The van der Waals surface area contributed by atoms with E-state index in [-0.39, 0.29) is 0 Å². The highest BCUT2D eigenvalue weighted by Gasteiger charge is 2.22. The molecule has 1 aromatic carbocycles. The Morgan fingerprint density at radius 1 is 1.53 bits per heavy atom. The number of halogens is 1. The summed E-state index contributed by atoms with van der Waals surface area (Å²) in [6, 6.07) is 8.97. The third kappa shape index (κ3) is 3.29. The van der Waals surface area contributed by atoms with E-state index in [2.05, 4.69) is 58.0 Å². The zero-order valence-electron chi connectivity index (χ0n) is 11.6. The monoisotopic (exact) mass is 321 g/mol. The van der Waals surface area contributed by atoms with Crippen LogP contribution in [0, 0.1) is 11.3 Å². The molecule has 0 bridgehead atoms. The predicted molar refractivity (Wildman–Crippen MR) is 82.7 cm³/mol. The number of nitrogens with zero attached hydrogens (tertiary/aromatic N) is 3. The first kappa shape index (κ1) is 14.4. The maximum atomic E-state index is 9.34. The fourth-order valence-electron chi connectivity index (χ4n) is 2.72. The lowest BCUT2D eigenvalue weighted by molar-refractivity contribution is 0.248. The van der Waals surface area contributed by atoms with Gasteiger partial charge in [-0.2, -0.15) is 5.26 Å². The Bertz CT molecular complexity index is 481. The molecular weight excluding hydrogens is 302 g/mol. The maximum Gasteiger partial charge on any atom is 0.101 e. The minimum Gasteiger partial charge on any atom is -0.369 e. The van der Waals surface area contributed by atoms with Crippen molar-refractivity contribution in [2.24, 2.45) is 0 Å². The highest BCUT2D eigenvalue weighted by Crippen LogP contribution is 2.26. The predicted octanol–water partition coefficient (Wildman–Crippen LogP) is 2.98. The van der Waals surface area contributed by atoms with Gasteiger partial charge in [0, 0.05) is 25.0 Å². The van der Waals surface area contributed by atoms with E-state index in [1.165, 1.54) is 19.4 Å². The van der Waals surface area contributed by atoms with Crippen molar-refractivity contribution >= 4 is 21.6 Å². The normalized spacial score (nSPS) is 20.0. The van der Waals surface area contributed by atoms with Gasteiger partial charge in [0.05, 0.1) is 11.3 Å². The lowest BCUT2D eigenvalue weighted by atomic mass is 10.0. The van der Waals surface area contributed by atoms with Crippen LogP contribution in [0.25, 0.3) is 0 Å². The van der Waals surface area contributed by atoms with Crippen molar-refractivity contribution in [2.75, 3.05) is 32.1 Å². The standard InChI is InChI=1S/C15H20BrN3/c1-18-7-3-4-14(11-18)19(2)15-6-5-12(9-16)8-13(15)10-17/h5-6,8,14H,3-4,7,9,11H2,1-2H3. The van der Waals surface area contributed by atoms with Crippen LogP contribution in [0.15, 0.2) is 18.2 Å². The van der Waals surface area contributed by atoms with Crippen LogP contribution < -0.4 is 4.90 Å². The smallest absolute Gasteiger partial charge is 0.101 e. The molecule has 1 atom stereocenters. The molecule has 0 spiro atoms. The van der Waals surface area contributed by atoms with Crippen molar-refractivity contribution in [2.45, 2.75) is 24.2 Å². The molecule has 1 heterocycles. The third-order valence-corrected chi connectivity index (χ3v) is 4.51. The second-order valence-corrected chi connectivity index (χ2v) is 5.83. The Kier molecular flexibility index (Phi) is 4.84. The molecule has 102 valence electrons. The summed E-state index contributed by atoms with van der Waals surface area (Å²) in [6.45, 7) is 2.25. The van der Waals surface area contributed by atoms with Gasteiger partial charge >= 0.3 is 0 Å². The molecule has 1 aliphatic heterocycles. The van der Waals surface area contributed by atoms with E-state index in [0.717, 1.165) is 28.7 Å². The number of hydrogen-bond donors (Lipinski definition) is 0. The molecule has 0 amide bonds. The Labute approximate surface area is 123 Å². The van der Waals surface area contributed by atoms with Gasteiger partial charge in [-0.15, -0.1) is 0 Å². The average molecular weight is 322 g/mol. The van der Waals surface area contributed by atoms with Crippen molar-refractivity contribution in [3.63, 3.8) is 0 Å². The van der Waals surface area contributed by atoms with Crippen molar-refractivity contribution in [3.8, 4) is 6.07 Å². The summed E-state index contributed by atoms with van der Waals surface area (Å²) >= 11 is 3.44. The number of anilines is 1. The molecule has 2 rings (SSSR count). The molecular formula is C15H20BrN3. The zero-order chi connectivity index (χ0) is 13.8. The quantitative estimate of drug-likeness (QED) is 0.802. The summed E-state index contributed by atoms with van der Waals surface area (Å²) < 4.78 is 0. The van der Waals surface area contributed by atoms with Gasteiger partial charge in [0.25, 0.3) is 0 Å². The lowest BCUT2D eigenvalue weighted by Gasteiger charge is -2.37. The number of benzene rings is 1. The second-order valence-electron chi connectivity index (χ2n) is 5.27. The molecule has 0 aliphatic carbocycles. The van der Waals surface area contributed by atoms with Gasteiger partial charge in [0.15, 0.2) is 0 Å². The molecule has 3 nitrogen and oxygen atoms in total. The first-order valence-electron chi connectivity index (χ1n) is 6.66. The van der Waals surface area contributed by atoms with E-state index in [4.69, 9.17) is 0 Å². The third-order valence-electron chi connectivity index (χ3n) is 3.86. The van der Waals surface area contributed by atoms with E-state index in [9.17, 15) is 5.26 Å². The van der Waals surface area contributed by atoms with Gasteiger partial charge in [0.2, 0.25) is 0 Å². The SMILES string of the molecule is CN1CCCC(N(C)c2ccc(CBr)cc2C#N)C1.